The van der Waals surface area contributed by atoms with E-state index in [9.17, 15) is 4.79 Å². The Bertz CT molecular complexity index is 1460. The Morgan fingerprint density at radius 2 is 2.00 bits per heavy atom. The Labute approximate surface area is 185 Å². The Balaban J connectivity index is 1.51. The average molecular weight is 428 g/mol. The molecule has 2 N–H and O–H groups in total. The van der Waals surface area contributed by atoms with Gasteiger partial charge in [0.15, 0.2) is 5.65 Å². The molecule has 162 valence electrons. The summed E-state index contributed by atoms with van der Waals surface area (Å²) in [6.07, 6.45) is 2.00. The highest BCUT2D eigenvalue weighted by Gasteiger charge is 2.24. The molecule has 32 heavy (non-hydrogen) atoms. The van der Waals surface area contributed by atoms with Crippen molar-refractivity contribution in [2.24, 2.45) is 7.05 Å². The highest BCUT2D eigenvalue weighted by atomic mass is 16.3. The van der Waals surface area contributed by atoms with Crippen LogP contribution in [0.25, 0.3) is 21.9 Å². The number of aromatic nitrogens is 4. The standard InChI is InChI=1S/C25H25N5O2/c1-14-11-18(23-16(3)29-30(4)24(23)28-14)25(31)27-13-20(22-10-9-15(2)32-22)19-12-26-21-8-6-5-7-17(19)21/h5-12,20,26H,13H2,1-4H3,(H,27,31). The molecular weight excluding hydrogens is 402 g/mol. The van der Waals surface area contributed by atoms with Crippen molar-refractivity contribution in [3.63, 3.8) is 0 Å². The van der Waals surface area contributed by atoms with Crippen LogP contribution < -0.4 is 5.32 Å². The zero-order valence-corrected chi connectivity index (χ0v) is 18.6. The number of aromatic amines is 1. The van der Waals surface area contributed by atoms with Crippen LogP contribution in [0.1, 0.15) is 44.7 Å². The highest BCUT2D eigenvalue weighted by Crippen LogP contribution is 2.32. The van der Waals surface area contributed by atoms with Gasteiger partial charge >= 0.3 is 0 Å². The summed E-state index contributed by atoms with van der Waals surface area (Å²) in [6, 6.07) is 13.9. The number of furan rings is 1. The first-order valence-electron chi connectivity index (χ1n) is 10.6. The van der Waals surface area contributed by atoms with E-state index in [1.807, 2.05) is 70.4 Å². The highest BCUT2D eigenvalue weighted by molar-refractivity contribution is 6.06. The summed E-state index contributed by atoms with van der Waals surface area (Å²) in [5.41, 5.74) is 5.01. The van der Waals surface area contributed by atoms with Gasteiger partial charge in [-0.15, -0.1) is 0 Å². The van der Waals surface area contributed by atoms with Gasteiger partial charge in [-0.1, -0.05) is 18.2 Å². The minimum atomic E-state index is -0.148. The fraction of sp³-hybridized carbons (Fsp3) is 0.240. The van der Waals surface area contributed by atoms with Crippen molar-refractivity contribution in [3.8, 4) is 0 Å². The normalized spacial score (nSPS) is 12.5. The third kappa shape index (κ3) is 3.36. The molecule has 1 amide bonds. The van der Waals surface area contributed by atoms with Gasteiger partial charge in [0, 0.05) is 36.4 Å². The van der Waals surface area contributed by atoms with E-state index in [1.165, 1.54) is 0 Å². The molecule has 0 spiro atoms. The number of carbonyl (C=O) groups excluding carboxylic acids is 1. The number of fused-ring (bicyclic) bond motifs is 2. The van der Waals surface area contributed by atoms with E-state index in [2.05, 4.69) is 26.4 Å². The minimum Gasteiger partial charge on any atom is -0.466 e. The Morgan fingerprint density at radius 1 is 1.19 bits per heavy atom. The molecule has 7 heteroatoms. The van der Waals surface area contributed by atoms with E-state index in [-0.39, 0.29) is 11.8 Å². The van der Waals surface area contributed by atoms with Crippen LogP contribution in [0, 0.1) is 20.8 Å². The van der Waals surface area contributed by atoms with Crippen molar-refractivity contribution in [3.05, 3.63) is 82.7 Å². The number of H-pyrrole nitrogens is 1. The molecule has 0 radical (unpaired) electrons. The van der Waals surface area contributed by atoms with Crippen LogP contribution in [0.5, 0.6) is 0 Å². The molecule has 5 aromatic rings. The Kier molecular flexibility index (Phi) is 4.81. The maximum Gasteiger partial charge on any atom is 0.252 e. The second kappa shape index (κ2) is 7.67. The van der Waals surface area contributed by atoms with Crippen molar-refractivity contribution in [1.82, 2.24) is 25.1 Å². The maximum atomic E-state index is 13.3. The van der Waals surface area contributed by atoms with E-state index in [4.69, 9.17) is 4.42 Å². The SMILES string of the molecule is Cc1cc(C(=O)NCC(c2ccc(C)o2)c2c[nH]c3ccccc23)c2c(C)nn(C)c2n1. The molecule has 1 aromatic carbocycles. The number of hydrogen-bond acceptors (Lipinski definition) is 4. The van der Waals surface area contributed by atoms with Gasteiger partial charge in [0.25, 0.3) is 5.91 Å². The molecule has 1 atom stereocenters. The maximum absolute atomic E-state index is 13.3. The fourth-order valence-electron chi connectivity index (χ4n) is 4.43. The molecule has 1 unspecified atom stereocenters. The number of pyridine rings is 1. The number of carbonyl (C=O) groups is 1. The summed E-state index contributed by atoms with van der Waals surface area (Å²) in [5.74, 6) is 1.39. The van der Waals surface area contributed by atoms with Crippen molar-refractivity contribution >= 4 is 27.8 Å². The first-order chi connectivity index (χ1) is 15.4. The van der Waals surface area contributed by atoms with Crippen molar-refractivity contribution < 1.29 is 9.21 Å². The summed E-state index contributed by atoms with van der Waals surface area (Å²) in [6.45, 7) is 6.11. The molecule has 0 saturated carbocycles. The third-order valence-corrected chi connectivity index (χ3v) is 5.91. The number of para-hydroxylation sites is 1. The molecule has 7 nitrogen and oxygen atoms in total. The largest absolute Gasteiger partial charge is 0.466 e. The molecular formula is C25H25N5O2. The van der Waals surface area contributed by atoms with E-state index in [0.29, 0.717) is 17.8 Å². The topological polar surface area (TPSA) is 88.7 Å². The van der Waals surface area contributed by atoms with Gasteiger partial charge in [0.1, 0.15) is 11.5 Å². The van der Waals surface area contributed by atoms with Crippen LogP contribution >= 0.6 is 0 Å². The number of benzene rings is 1. The number of amides is 1. The molecule has 4 aromatic heterocycles. The van der Waals surface area contributed by atoms with Crippen LogP contribution in [0.2, 0.25) is 0 Å². The zero-order chi connectivity index (χ0) is 22.4. The smallest absolute Gasteiger partial charge is 0.252 e. The predicted octanol–water partition coefficient (Wildman–Crippen LogP) is 4.53. The molecule has 0 fully saturated rings. The van der Waals surface area contributed by atoms with Crippen LogP contribution in [-0.4, -0.2) is 32.2 Å². The fourth-order valence-corrected chi connectivity index (χ4v) is 4.43. The first-order valence-corrected chi connectivity index (χ1v) is 10.6. The molecule has 0 bridgehead atoms. The summed E-state index contributed by atoms with van der Waals surface area (Å²) < 4.78 is 7.70. The van der Waals surface area contributed by atoms with Crippen LogP contribution in [0.3, 0.4) is 0 Å². The Hall–Kier alpha value is -3.87. The average Bonchev–Trinajstić information content (AvgIpc) is 3.46. The van der Waals surface area contributed by atoms with E-state index in [1.54, 1.807) is 4.68 Å². The number of aryl methyl sites for hydroxylation is 4. The monoisotopic (exact) mass is 427 g/mol. The number of rotatable bonds is 5. The van der Waals surface area contributed by atoms with Crippen LogP contribution in [0.15, 0.2) is 53.1 Å². The number of hydrogen-bond donors (Lipinski definition) is 2. The van der Waals surface area contributed by atoms with E-state index >= 15 is 0 Å². The van der Waals surface area contributed by atoms with Crippen molar-refractivity contribution in [2.75, 3.05) is 6.54 Å². The van der Waals surface area contributed by atoms with Crippen molar-refractivity contribution in [2.45, 2.75) is 26.7 Å². The summed E-state index contributed by atoms with van der Waals surface area (Å²) in [4.78, 5) is 21.2. The predicted molar refractivity (Wildman–Crippen MR) is 124 cm³/mol. The molecule has 5 rings (SSSR count). The lowest BCUT2D eigenvalue weighted by Gasteiger charge is -2.16. The summed E-state index contributed by atoms with van der Waals surface area (Å²) in [7, 11) is 1.84. The second-order valence-electron chi connectivity index (χ2n) is 8.22. The molecule has 0 aliphatic carbocycles. The summed E-state index contributed by atoms with van der Waals surface area (Å²) in [5, 5.41) is 9.49. The quantitative estimate of drug-likeness (QED) is 0.431. The lowest BCUT2D eigenvalue weighted by Crippen LogP contribution is -2.29. The van der Waals surface area contributed by atoms with Crippen LogP contribution in [0.4, 0.5) is 0 Å². The first kappa shape index (κ1) is 20.1. The van der Waals surface area contributed by atoms with Gasteiger partial charge in [-0.25, -0.2) is 4.98 Å². The van der Waals surface area contributed by atoms with Gasteiger partial charge in [-0.05, 0) is 50.6 Å². The number of nitrogens with one attached hydrogen (secondary N) is 2. The molecule has 4 heterocycles. The lowest BCUT2D eigenvalue weighted by atomic mass is 9.95. The van der Waals surface area contributed by atoms with Crippen LogP contribution in [-0.2, 0) is 7.05 Å². The van der Waals surface area contributed by atoms with E-state index < -0.39 is 0 Å². The Morgan fingerprint density at radius 3 is 2.78 bits per heavy atom. The zero-order valence-electron chi connectivity index (χ0n) is 18.6. The van der Waals surface area contributed by atoms with Gasteiger partial charge in [0.2, 0.25) is 0 Å². The van der Waals surface area contributed by atoms with Gasteiger partial charge in [-0.3, -0.25) is 9.48 Å². The molecule has 0 aliphatic heterocycles. The molecule has 0 aliphatic rings. The van der Waals surface area contributed by atoms with Crippen molar-refractivity contribution in [1.29, 1.82) is 0 Å². The van der Waals surface area contributed by atoms with Gasteiger partial charge < -0.3 is 14.7 Å². The third-order valence-electron chi connectivity index (χ3n) is 5.91. The summed E-state index contributed by atoms with van der Waals surface area (Å²) >= 11 is 0. The minimum absolute atomic E-state index is 0.128. The molecule has 0 saturated heterocycles. The second-order valence-corrected chi connectivity index (χ2v) is 8.22. The lowest BCUT2D eigenvalue weighted by molar-refractivity contribution is 0.0953. The van der Waals surface area contributed by atoms with Gasteiger partial charge in [-0.2, -0.15) is 5.10 Å². The van der Waals surface area contributed by atoms with Gasteiger partial charge in [0.05, 0.1) is 22.6 Å². The van der Waals surface area contributed by atoms with E-state index in [0.717, 1.165) is 44.8 Å². The number of nitrogens with zero attached hydrogens (tertiary/aromatic N) is 3.